The van der Waals surface area contributed by atoms with E-state index in [2.05, 4.69) is 50.9 Å². The Morgan fingerprint density at radius 1 is 1.32 bits per heavy atom. The van der Waals surface area contributed by atoms with Crippen LogP contribution in [0.2, 0.25) is 0 Å². The van der Waals surface area contributed by atoms with E-state index >= 15 is 0 Å². The van der Waals surface area contributed by atoms with Crippen LogP contribution in [-0.4, -0.2) is 37.7 Å². The molecule has 0 heterocycles. The Bertz CT molecular complexity index is 402. The molecule has 2 N–H and O–H groups in total. The average molecular weight is 264 g/mol. The Balaban J connectivity index is 2.76. The van der Waals surface area contributed by atoms with Crippen molar-refractivity contribution in [3.63, 3.8) is 0 Å². The molecule has 3 heteroatoms. The molecule has 0 fully saturated rings. The molecule has 0 saturated heterocycles. The maximum absolute atomic E-state index is 5.81. The first-order chi connectivity index (χ1) is 8.94. The highest BCUT2D eigenvalue weighted by Gasteiger charge is 2.21. The number of nitrogens with two attached hydrogens (primary N) is 1. The van der Waals surface area contributed by atoms with Crippen LogP contribution in [0.4, 0.5) is 0 Å². The van der Waals surface area contributed by atoms with Gasteiger partial charge in [0.25, 0.3) is 0 Å². The lowest BCUT2D eigenvalue weighted by Crippen LogP contribution is -2.47. The van der Waals surface area contributed by atoms with Crippen molar-refractivity contribution in [3.8, 4) is 5.75 Å². The van der Waals surface area contributed by atoms with Crippen molar-refractivity contribution < 1.29 is 4.74 Å². The van der Waals surface area contributed by atoms with Crippen LogP contribution in [0.3, 0.4) is 0 Å². The fourth-order valence-electron chi connectivity index (χ4n) is 1.99. The van der Waals surface area contributed by atoms with Crippen LogP contribution >= 0.6 is 0 Å². The smallest absolute Gasteiger partial charge is 0.122 e. The molecule has 0 atom stereocenters. The van der Waals surface area contributed by atoms with Gasteiger partial charge in [-0.3, -0.25) is 4.90 Å². The van der Waals surface area contributed by atoms with Gasteiger partial charge in [-0.1, -0.05) is 19.1 Å². The highest BCUT2D eigenvalue weighted by Crippen LogP contribution is 2.22. The maximum Gasteiger partial charge on any atom is 0.122 e. The summed E-state index contributed by atoms with van der Waals surface area (Å²) in [6.45, 7) is 8.16. The standard InChI is InChI=1S/C16H28N2O/c1-6-13-7-8-15(19-5)14(11-13)9-10-18(4)16(2,3)12-17/h7-8,11H,6,9-10,12,17H2,1-5H3. The summed E-state index contributed by atoms with van der Waals surface area (Å²) in [6.07, 6.45) is 2.04. The summed E-state index contributed by atoms with van der Waals surface area (Å²) < 4.78 is 5.45. The lowest BCUT2D eigenvalue weighted by atomic mass is 10.0. The zero-order valence-corrected chi connectivity index (χ0v) is 13.0. The minimum absolute atomic E-state index is 0.0373. The molecule has 0 radical (unpaired) electrons. The van der Waals surface area contributed by atoms with E-state index in [1.807, 2.05) is 0 Å². The van der Waals surface area contributed by atoms with E-state index in [-0.39, 0.29) is 5.54 Å². The highest BCUT2D eigenvalue weighted by molar-refractivity contribution is 5.37. The monoisotopic (exact) mass is 264 g/mol. The average Bonchev–Trinajstić information content (AvgIpc) is 2.44. The molecular formula is C16H28N2O. The van der Waals surface area contributed by atoms with Crippen molar-refractivity contribution in [2.45, 2.75) is 39.2 Å². The van der Waals surface area contributed by atoms with Crippen molar-refractivity contribution in [1.29, 1.82) is 0 Å². The van der Waals surface area contributed by atoms with Crippen LogP contribution in [0, 0.1) is 0 Å². The molecule has 1 rings (SSSR count). The summed E-state index contributed by atoms with van der Waals surface area (Å²) >= 11 is 0. The van der Waals surface area contributed by atoms with E-state index in [4.69, 9.17) is 10.5 Å². The van der Waals surface area contributed by atoms with Gasteiger partial charge in [-0.25, -0.2) is 0 Å². The van der Waals surface area contributed by atoms with Crippen LogP contribution in [0.15, 0.2) is 18.2 Å². The van der Waals surface area contributed by atoms with Gasteiger partial charge in [-0.2, -0.15) is 0 Å². The van der Waals surface area contributed by atoms with Crippen molar-refractivity contribution in [2.75, 3.05) is 27.2 Å². The molecule has 0 spiro atoms. The van der Waals surface area contributed by atoms with Gasteiger partial charge in [-0.05, 0) is 50.9 Å². The van der Waals surface area contributed by atoms with Gasteiger partial charge in [0.2, 0.25) is 0 Å². The largest absolute Gasteiger partial charge is 0.496 e. The van der Waals surface area contributed by atoms with Gasteiger partial charge in [0, 0.05) is 18.6 Å². The molecule has 0 amide bonds. The maximum atomic E-state index is 5.81. The summed E-state index contributed by atoms with van der Waals surface area (Å²) in [6, 6.07) is 6.46. The quantitative estimate of drug-likeness (QED) is 0.822. The second-order valence-electron chi connectivity index (χ2n) is 5.69. The minimum Gasteiger partial charge on any atom is -0.496 e. The third kappa shape index (κ3) is 4.22. The lowest BCUT2D eigenvalue weighted by Gasteiger charge is -2.34. The molecule has 0 aliphatic carbocycles. The number of methoxy groups -OCH3 is 1. The molecule has 0 aromatic heterocycles. The number of rotatable bonds is 7. The molecular weight excluding hydrogens is 236 g/mol. The molecule has 1 aromatic rings. The van der Waals surface area contributed by atoms with E-state index in [1.165, 1.54) is 11.1 Å². The summed E-state index contributed by atoms with van der Waals surface area (Å²) in [4.78, 5) is 2.31. The first-order valence-electron chi connectivity index (χ1n) is 7.01. The molecule has 1 aromatic carbocycles. The van der Waals surface area contributed by atoms with Crippen molar-refractivity contribution in [2.24, 2.45) is 5.73 Å². The number of hydrogen-bond donors (Lipinski definition) is 1. The van der Waals surface area contributed by atoms with Gasteiger partial charge in [0.15, 0.2) is 0 Å². The van der Waals surface area contributed by atoms with E-state index in [0.717, 1.165) is 25.1 Å². The number of ether oxygens (including phenoxy) is 1. The number of hydrogen-bond acceptors (Lipinski definition) is 3. The predicted octanol–water partition coefficient (Wildman–Crippen LogP) is 2.47. The fourth-order valence-corrected chi connectivity index (χ4v) is 1.99. The minimum atomic E-state index is 0.0373. The Kier molecular flexibility index (Phi) is 5.83. The number of benzene rings is 1. The number of likely N-dealkylation sites (N-methyl/N-ethyl adjacent to an activating group) is 1. The zero-order chi connectivity index (χ0) is 14.5. The summed E-state index contributed by atoms with van der Waals surface area (Å²) in [5.41, 5.74) is 8.49. The SMILES string of the molecule is CCc1ccc(OC)c(CCN(C)C(C)(C)CN)c1. The van der Waals surface area contributed by atoms with E-state index < -0.39 is 0 Å². The third-order valence-electron chi connectivity index (χ3n) is 4.00. The summed E-state index contributed by atoms with van der Waals surface area (Å²) in [7, 11) is 3.86. The van der Waals surface area contributed by atoms with Crippen molar-refractivity contribution in [1.82, 2.24) is 4.90 Å². The second-order valence-corrected chi connectivity index (χ2v) is 5.69. The topological polar surface area (TPSA) is 38.5 Å². The normalized spacial score (nSPS) is 11.9. The van der Waals surface area contributed by atoms with E-state index in [0.29, 0.717) is 6.54 Å². The molecule has 3 nitrogen and oxygen atoms in total. The molecule has 0 aliphatic heterocycles. The predicted molar refractivity (Wildman–Crippen MR) is 81.8 cm³/mol. The summed E-state index contributed by atoms with van der Waals surface area (Å²) in [5, 5.41) is 0. The molecule has 108 valence electrons. The number of nitrogens with zero attached hydrogens (tertiary/aromatic N) is 1. The van der Waals surface area contributed by atoms with E-state index in [9.17, 15) is 0 Å². The molecule has 0 unspecified atom stereocenters. The van der Waals surface area contributed by atoms with Gasteiger partial charge in [-0.15, -0.1) is 0 Å². The van der Waals surface area contributed by atoms with Crippen molar-refractivity contribution >= 4 is 0 Å². The Morgan fingerprint density at radius 2 is 2.00 bits per heavy atom. The molecule has 0 aliphatic rings. The first kappa shape index (κ1) is 16.0. The van der Waals surface area contributed by atoms with Gasteiger partial charge < -0.3 is 10.5 Å². The third-order valence-corrected chi connectivity index (χ3v) is 4.00. The Hall–Kier alpha value is -1.06. The van der Waals surface area contributed by atoms with E-state index in [1.54, 1.807) is 7.11 Å². The van der Waals surface area contributed by atoms with Crippen molar-refractivity contribution in [3.05, 3.63) is 29.3 Å². The molecule has 0 bridgehead atoms. The Morgan fingerprint density at radius 3 is 2.53 bits per heavy atom. The lowest BCUT2D eigenvalue weighted by molar-refractivity contribution is 0.165. The van der Waals surface area contributed by atoms with Crippen LogP contribution < -0.4 is 10.5 Å². The van der Waals surface area contributed by atoms with Crippen LogP contribution in [0.25, 0.3) is 0 Å². The van der Waals surface area contributed by atoms with Crippen LogP contribution in [0.5, 0.6) is 5.75 Å². The summed E-state index contributed by atoms with van der Waals surface area (Å²) in [5.74, 6) is 0.983. The van der Waals surface area contributed by atoms with Crippen LogP contribution in [0.1, 0.15) is 31.9 Å². The zero-order valence-electron chi connectivity index (χ0n) is 13.0. The van der Waals surface area contributed by atoms with Gasteiger partial charge >= 0.3 is 0 Å². The highest BCUT2D eigenvalue weighted by atomic mass is 16.5. The Labute approximate surface area is 117 Å². The molecule has 19 heavy (non-hydrogen) atoms. The number of aryl methyl sites for hydroxylation is 1. The van der Waals surface area contributed by atoms with Gasteiger partial charge in [0.1, 0.15) is 5.75 Å². The van der Waals surface area contributed by atoms with Gasteiger partial charge in [0.05, 0.1) is 7.11 Å². The fraction of sp³-hybridized carbons (Fsp3) is 0.625. The first-order valence-corrected chi connectivity index (χ1v) is 7.01. The second kappa shape index (κ2) is 6.92. The molecule has 0 saturated carbocycles. The van der Waals surface area contributed by atoms with Crippen LogP contribution in [-0.2, 0) is 12.8 Å².